The van der Waals surface area contributed by atoms with Crippen LogP contribution in [0.3, 0.4) is 0 Å². The number of rotatable bonds is 4. The average molecular weight is 404 g/mol. The van der Waals surface area contributed by atoms with Crippen molar-refractivity contribution in [1.82, 2.24) is 4.98 Å². The predicted octanol–water partition coefficient (Wildman–Crippen LogP) is 7.00. The molecule has 0 fully saturated rings. The van der Waals surface area contributed by atoms with Crippen LogP contribution in [-0.2, 0) is 4.79 Å². The number of fused-ring (bicyclic) bond motifs is 2. The van der Waals surface area contributed by atoms with Crippen molar-refractivity contribution in [1.29, 1.82) is 0 Å². The second-order valence-electron chi connectivity index (χ2n) is 8.39. The van der Waals surface area contributed by atoms with Crippen molar-refractivity contribution in [2.75, 3.05) is 0 Å². The van der Waals surface area contributed by atoms with Crippen LogP contribution < -0.4 is 0 Å². The normalized spacial score (nSPS) is 14.9. The number of aromatic nitrogens is 1. The molecule has 1 atom stereocenters. The van der Waals surface area contributed by atoms with Gasteiger partial charge in [0.1, 0.15) is 5.78 Å². The number of hydrogen-bond donors (Lipinski definition) is 1. The van der Waals surface area contributed by atoms with Gasteiger partial charge in [0.15, 0.2) is 0 Å². The molecular formula is C29H25NO. The molecule has 4 aromatic rings. The van der Waals surface area contributed by atoms with E-state index in [0.29, 0.717) is 6.42 Å². The van der Waals surface area contributed by atoms with Gasteiger partial charge < -0.3 is 4.98 Å². The van der Waals surface area contributed by atoms with Gasteiger partial charge in [-0.3, -0.25) is 4.79 Å². The van der Waals surface area contributed by atoms with E-state index in [1.54, 1.807) is 6.92 Å². The van der Waals surface area contributed by atoms with Crippen LogP contribution in [0.4, 0.5) is 0 Å². The molecule has 1 aromatic heterocycles. The number of ketones is 1. The van der Waals surface area contributed by atoms with Crippen LogP contribution in [0, 0.1) is 6.92 Å². The van der Waals surface area contributed by atoms with Crippen molar-refractivity contribution < 1.29 is 4.79 Å². The number of benzene rings is 3. The highest BCUT2D eigenvalue weighted by Gasteiger charge is 2.28. The average Bonchev–Trinajstić information content (AvgIpc) is 3.17. The Morgan fingerprint density at radius 2 is 1.58 bits per heavy atom. The van der Waals surface area contributed by atoms with Crippen molar-refractivity contribution in [3.63, 3.8) is 0 Å². The number of nitrogens with one attached hydrogen (secondary N) is 1. The van der Waals surface area contributed by atoms with Gasteiger partial charge in [-0.25, -0.2) is 0 Å². The largest absolute Gasteiger partial charge is 0.357 e. The predicted molar refractivity (Wildman–Crippen MR) is 128 cm³/mol. The summed E-state index contributed by atoms with van der Waals surface area (Å²) in [5, 5.41) is 0. The van der Waals surface area contributed by atoms with Crippen LogP contribution in [0.25, 0.3) is 22.9 Å². The summed E-state index contributed by atoms with van der Waals surface area (Å²) in [4.78, 5) is 16.0. The summed E-state index contributed by atoms with van der Waals surface area (Å²) in [7, 11) is 0. The number of carbonyl (C=O) groups is 1. The first-order valence-corrected chi connectivity index (χ1v) is 10.8. The van der Waals surface area contributed by atoms with Gasteiger partial charge in [-0.15, -0.1) is 0 Å². The van der Waals surface area contributed by atoms with Crippen molar-refractivity contribution in [3.8, 4) is 11.3 Å². The van der Waals surface area contributed by atoms with Gasteiger partial charge in [0.2, 0.25) is 0 Å². The third-order valence-corrected chi connectivity index (χ3v) is 6.10. The van der Waals surface area contributed by atoms with Crippen molar-refractivity contribution in [2.45, 2.75) is 26.2 Å². The molecule has 2 heteroatoms. The van der Waals surface area contributed by atoms with Crippen LogP contribution in [0.5, 0.6) is 0 Å². The van der Waals surface area contributed by atoms with E-state index in [0.717, 1.165) is 17.0 Å². The Kier molecular flexibility index (Phi) is 4.91. The standard InChI is InChI=1S/C29H25NO/c1-19-12-14-22(15-13-19)28-18-27-25(21-8-4-3-5-9-21)17-23-10-6-7-11-24(23)26(16-20(2)31)29(27)30-28/h3-15,17-18,26,30H,16H2,1-2H3/t26-/m1/s1. The van der Waals surface area contributed by atoms with Gasteiger partial charge in [-0.2, -0.15) is 0 Å². The van der Waals surface area contributed by atoms with Gasteiger partial charge >= 0.3 is 0 Å². The molecule has 152 valence electrons. The van der Waals surface area contributed by atoms with E-state index in [4.69, 9.17) is 0 Å². The zero-order valence-electron chi connectivity index (χ0n) is 17.9. The molecule has 0 spiro atoms. The number of carbonyl (C=O) groups excluding carboxylic acids is 1. The molecule has 1 N–H and O–H groups in total. The van der Waals surface area contributed by atoms with Crippen LogP contribution in [0.15, 0.2) is 84.9 Å². The number of hydrogen-bond acceptors (Lipinski definition) is 1. The fourth-order valence-corrected chi connectivity index (χ4v) is 4.56. The van der Waals surface area contributed by atoms with Crippen molar-refractivity contribution in [3.05, 3.63) is 118 Å². The highest BCUT2D eigenvalue weighted by atomic mass is 16.1. The maximum atomic E-state index is 12.3. The molecule has 2 nitrogen and oxygen atoms in total. The molecule has 3 aromatic carbocycles. The fourth-order valence-electron chi connectivity index (χ4n) is 4.56. The fraction of sp³-hybridized carbons (Fsp3) is 0.138. The van der Waals surface area contributed by atoms with Crippen LogP contribution >= 0.6 is 0 Å². The highest BCUT2D eigenvalue weighted by molar-refractivity contribution is 5.96. The first-order valence-electron chi connectivity index (χ1n) is 10.8. The van der Waals surface area contributed by atoms with Crippen molar-refractivity contribution >= 4 is 17.4 Å². The zero-order chi connectivity index (χ0) is 21.4. The molecule has 0 bridgehead atoms. The molecule has 1 aliphatic rings. The number of Topliss-reactive ketones (excluding diaryl/α,β-unsaturated/α-hetero) is 1. The zero-order valence-corrected chi connectivity index (χ0v) is 17.9. The minimum atomic E-state index is 0.000334. The van der Waals surface area contributed by atoms with E-state index in [2.05, 4.69) is 96.8 Å². The minimum Gasteiger partial charge on any atom is -0.357 e. The second kappa shape index (κ2) is 7.88. The maximum Gasteiger partial charge on any atom is 0.130 e. The lowest BCUT2D eigenvalue weighted by Crippen LogP contribution is -2.08. The summed E-state index contributed by atoms with van der Waals surface area (Å²) < 4.78 is 0. The van der Waals surface area contributed by atoms with E-state index in [1.165, 1.54) is 33.4 Å². The van der Waals surface area contributed by atoms with Gasteiger partial charge in [-0.05, 0) is 53.8 Å². The Morgan fingerprint density at radius 1 is 0.871 bits per heavy atom. The molecule has 1 heterocycles. The lowest BCUT2D eigenvalue weighted by atomic mass is 9.87. The summed E-state index contributed by atoms with van der Waals surface area (Å²) >= 11 is 0. The van der Waals surface area contributed by atoms with E-state index in [-0.39, 0.29) is 11.7 Å². The first-order chi connectivity index (χ1) is 15.1. The molecule has 0 aliphatic heterocycles. The summed E-state index contributed by atoms with van der Waals surface area (Å²) in [5.74, 6) is 0.195. The third kappa shape index (κ3) is 3.66. The number of H-pyrrole nitrogens is 1. The Morgan fingerprint density at radius 3 is 2.32 bits per heavy atom. The van der Waals surface area contributed by atoms with E-state index >= 15 is 0 Å². The quantitative estimate of drug-likeness (QED) is 0.391. The van der Waals surface area contributed by atoms with Crippen LogP contribution in [-0.4, -0.2) is 10.8 Å². The molecular weight excluding hydrogens is 378 g/mol. The second-order valence-corrected chi connectivity index (χ2v) is 8.39. The number of aryl methyl sites for hydroxylation is 1. The summed E-state index contributed by atoms with van der Waals surface area (Å²) in [6.45, 7) is 3.78. The van der Waals surface area contributed by atoms with Crippen molar-refractivity contribution in [2.24, 2.45) is 0 Å². The SMILES string of the molecule is CC(=O)C[C@@H]1c2ccccc2C=C(c2ccccc2)c2cc(-c3ccc(C)cc3)[nH]c21. The molecule has 0 amide bonds. The van der Waals surface area contributed by atoms with Gasteiger partial charge in [0.05, 0.1) is 0 Å². The molecule has 0 saturated carbocycles. The van der Waals surface area contributed by atoms with Gasteiger partial charge in [0.25, 0.3) is 0 Å². The Balaban J connectivity index is 1.77. The number of aromatic amines is 1. The molecule has 0 saturated heterocycles. The molecule has 5 rings (SSSR count). The van der Waals surface area contributed by atoms with Crippen LogP contribution in [0.1, 0.15) is 52.8 Å². The highest BCUT2D eigenvalue weighted by Crippen LogP contribution is 2.43. The van der Waals surface area contributed by atoms with Gasteiger partial charge in [-0.1, -0.05) is 84.4 Å². The lowest BCUT2D eigenvalue weighted by molar-refractivity contribution is -0.117. The summed E-state index contributed by atoms with van der Waals surface area (Å²) in [6.07, 6.45) is 2.75. The summed E-state index contributed by atoms with van der Waals surface area (Å²) in [6, 6.07) is 29.8. The summed E-state index contributed by atoms with van der Waals surface area (Å²) in [5.41, 5.74) is 10.5. The Hall–Kier alpha value is -3.65. The molecule has 0 unspecified atom stereocenters. The molecule has 1 aliphatic carbocycles. The van der Waals surface area contributed by atoms with E-state index < -0.39 is 0 Å². The van der Waals surface area contributed by atoms with E-state index in [1.807, 2.05) is 6.07 Å². The minimum absolute atomic E-state index is 0.000334. The van der Waals surface area contributed by atoms with E-state index in [9.17, 15) is 4.79 Å². The Labute approximate surface area is 183 Å². The van der Waals surface area contributed by atoms with Gasteiger partial charge in [0, 0.05) is 29.3 Å². The maximum absolute atomic E-state index is 12.3. The lowest BCUT2D eigenvalue weighted by Gasteiger charge is -2.17. The smallest absolute Gasteiger partial charge is 0.130 e. The molecule has 0 radical (unpaired) electrons. The molecule has 31 heavy (non-hydrogen) atoms. The first kappa shape index (κ1) is 19.3. The topological polar surface area (TPSA) is 32.9 Å². The third-order valence-electron chi connectivity index (χ3n) is 6.10. The Bertz CT molecular complexity index is 1280. The monoisotopic (exact) mass is 403 g/mol. The van der Waals surface area contributed by atoms with Crippen LogP contribution in [0.2, 0.25) is 0 Å².